The minimum absolute atomic E-state index is 0.398. The molecule has 1 aromatic rings. The summed E-state index contributed by atoms with van der Waals surface area (Å²) in [5, 5.41) is 3.77. The van der Waals surface area contributed by atoms with Crippen LogP contribution in [-0.2, 0) is 0 Å². The van der Waals surface area contributed by atoms with Gasteiger partial charge in [-0.2, -0.15) is 11.8 Å². The molecular weight excluding hydrogens is 342 g/mol. The molecule has 1 atom stereocenters. The highest BCUT2D eigenvalue weighted by Crippen LogP contribution is 2.38. The van der Waals surface area contributed by atoms with Crippen molar-refractivity contribution in [3.8, 4) is 0 Å². The maximum atomic E-state index is 4.81. The molecule has 6 heteroatoms. The molecule has 0 saturated carbocycles. The number of anilines is 1. The summed E-state index contributed by atoms with van der Waals surface area (Å²) in [6, 6.07) is 0. The maximum absolute atomic E-state index is 4.81. The monoisotopic (exact) mass is 361 g/mol. The van der Waals surface area contributed by atoms with Gasteiger partial charge in [-0.25, -0.2) is 9.97 Å². The molecule has 1 unspecified atom stereocenters. The summed E-state index contributed by atoms with van der Waals surface area (Å²) < 4.78 is 1.02. The van der Waals surface area contributed by atoms with Crippen molar-refractivity contribution in [2.24, 2.45) is 0 Å². The molecule has 0 aromatic carbocycles. The van der Waals surface area contributed by atoms with Crippen LogP contribution in [0.15, 0.2) is 4.47 Å². The number of hydrogen-bond donors (Lipinski definition) is 1. The zero-order valence-corrected chi connectivity index (χ0v) is 14.8. The van der Waals surface area contributed by atoms with Crippen molar-refractivity contribution < 1.29 is 0 Å². The smallest absolute Gasteiger partial charge is 0.144 e. The van der Waals surface area contributed by atoms with E-state index in [4.69, 9.17) is 9.97 Å². The normalized spacial score (nSPS) is 19.7. The lowest BCUT2D eigenvalue weighted by atomic mass is 10.1. The molecule has 0 amide bonds. The van der Waals surface area contributed by atoms with Crippen LogP contribution in [0.2, 0.25) is 0 Å². The van der Waals surface area contributed by atoms with E-state index in [0.29, 0.717) is 11.2 Å². The fourth-order valence-corrected chi connectivity index (χ4v) is 5.30. The second kappa shape index (κ2) is 7.18. The summed E-state index contributed by atoms with van der Waals surface area (Å²) in [6.45, 7) is 7.32. The summed E-state index contributed by atoms with van der Waals surface area (Å²) in [5.41, 5.74) is 1.11. The highest BCUT2D eigenvalue weighted by atomic mass is 79.9. The lowest BCUT2D eigenvalue weighted by Gasteiger charge is -2.22. The first kappa shape index (κ1) is 15.4. The van der Waals surface area contributed by atoms with Gasteiger partial charge in [0.15, 0.2) is 0 Å². The Balaban J connectivity index is 2.36. The Morgan fingerprint density at radius 3 is 2.74 bits per heavy atom. The number of nitrogens with zero attached hydrogens (tertiary/aromatic N) is 2. The number of rotatable bonds is 4. The summed E-state index contributed by atoms with van der Waals surface area (Å²) in [4.78, 5) is 9.53. The van der Waals surface area contributed by atoms with Crippen LogP contribution in [-0.4, -0.2) is 33.8 Å². The van der Waals surface area contributed by atoms with Crippen molar-refractivity contribution in [3.05, 3.63) is 16.0 Å². The van der Waals surface area contributed by atoms with Crippen molar-refractivity contribution in [1.82, 2.24) is 9.97 Å². The first-order chi connectivity index (χ1) is 9.13. The van der Waals surface area contributed by atoms with Crippen LogP contribution in [0.3, 0.4) is 0 Å². The molecule has 1 N–H and O–H groups in total. The number of nitrogens with one attached hydrogen (secondary N) is 1. The zero-order chi connectivity index (χ0) is 13.8. The Morgan fingerprint density at radius 1 is 1.37 bits per heavy atom. The lowest BCUT2D eigenvalue weighted by Crippen LogP contribution is -2.14. The van der Waals surface area contributed by atoms with Crippen molar-refractivity contribution in [3.63, 3.8) is 0 Å². The van der Waals surface area contributed by atoms with Crippen LogP contribution in [0.1, 0.15) is 43.5 Å². The van der Waals surface area contributed by atoms with Gasteiger partial charge in [0.2, 0.25) is 0 Å². The van der Waals surface area contributed by atoms with Crippen LogP contribution in [0.4, 0.5) is 5.82 Å². The fraction of sp³-hybridized carbons (Fsp3) is 0.692. The van der Waals surface area contributed by atoms with Crippen molar-refractivity contribution >= 4 is 45.3 Å². The number of thioether (sulfide) groups is 2. The maximum Gasteiger partial charge on any atom is 0.144 e. The van der Waals surface area contributed by atoms with E-state index in [1.165, 1.54) is 11.5 Å². The third-order valence-electron chi connectivity index (χ3n) is 2.89. The Labute approximate surface area is 132 Å². The number of halogens is 1. The molecule has 1 aliphatic rings. The largest absolute Gasteiger partial charge is 0.369 e. The summed E-state index contributed by atoms with van der Waals surface area (Å²) >= 11 is 7.62. The Kier molecular flexibility index (Phi) is 5.84. The first-order valence-electron chi connectivity index (χ1n) is 6.64. The average molecular weight is 362 g/mol. The molecule has 19 heavy (non-hydrogen) atoms. The van der Waals surface area contributed by atoms with Crippen molar-refractivity contribution in [1.29, 1.82) is 0 Å². The van der Waals surface area contributed by atoms with Gasteiger partial charge in [-0.15, -0.1) is 11.8 Å². The average Bonchev–Trinajstić information content (AvgIpc) is 2.42. The standard InChI is InChI=1S/C13H20BrN3S2/c1-4-15-13-10(14)11(8(2)3)16-12(17-13)9-7-18-5-6-19-9/h8-9H,4-7H2,1-3H3,(H,15,16,17). The lowest BCUT2D eigenvalue weighted by molar-refractivity contribution is 0.777. The summed E-state index contributed by atoms with van der Waals surface area (Å²) in [7, 11) is 0. The van der Waals surface area contributed by atoms with Crippen LogP contribution in [0, 0.1) is 0 Å². The predicted octanol–water partition coefficient (Wildman–Crippen LogP) is 4.32. The van der Waals surface area contributed by atoms with Gasteiger partial charge >= 0.3 is 0 Å². The third kappa shape index (κ3) is 3.79. The molecule has 0 bridgehead atoms. The van der Waals surface area contributed by atoms with E-state index in [1.54, 1.807) is 0 Å². The molecule has 1 saturated heterocycles. The molecule has 106 valence electrons. The molecule has 3 nitrogen and oxygen atoms in total. The molecule has 2 rings (SSSR count). The minimum Gasteiger partial charge on any atom is -0.369 e. The predicted molar refractivity (Wildman–Crippen MR) is 90.5 cm³/mol. The van der Waals surface area contributed by atoms with E-state index in [-0.39, 0.29) is 0 Å². The van der Waals surface area contributed by atoms with Gasteiger partial charge in [0.25, 0.3) is 0 Å². The SMILES string of the molecule is CCNc1nc(C2CSCCS2)nc(C(C)C)c1Br. The Morgan fingerprint density at radius 2 is 2.16 bits per heavy atom. The molecule has 1 aromatic heterocycles. The molecule has 1 aliphatic heterocycles. The highest BCUT2D eigenvalue weighted by Gasteiger charge is 2.23. The van der Waals surface area contributed by atoms with Crippen LogP contribution < -0.4 is 5.32 Å². The van der Waals surface area contributed by atoms with Crippen molar-refractivity contribution in [2.45, 2.75) is 31.9 Å². The van der Waals surface area contributed by atoms with Gasteiger partial charge < -0.3 is 5.32 Å². The van der Waals surface area contributed by atoms with E-state index in [2.05, 4.69) is 42.0 Å². The molecule has 1 fully saturated rings. The molecular formula is C13H20BrN3S2. The van der Waals surface area contributed by atoms with Crippen LogP contribution in [0.5, 0.6) is 0 Å². The second-order valence-electron chi connectivity index (χ2n) is 4.75. The van der Waals surface area contributed by atoms with Gasteiger partial charge in [-0.1, -0.05) is 13.8 Å². The van der Waals surface area contributed by atoms with Gasteiger partial charge in [0.1, 0.15) is 11.6 Å². The van der Waals surface area contributed by atoms with Gasteiger partial charge in [-0.3, -0.25) is 0 Å². The number of aromatic nitrogens is 2. The topological polar surface area (TPSA) is 37.8 Å². The first-order valence-corrected chi connectivity index (χ1v) is 9.63. The van der Waals surface area contributed by atoms with E-state index >= 15 is 0 Å². The van der Waals surface area contributed by atoms with Crippen LogP contribution in [0.25, 0.3) is 0 Å². The number of hydrogen-bond acceptors (Lipinski definition) is 5. The third-order valence-corrected chi connectivity index (χ3v) is 6.42. The quantitative estimate of drug-likeness (QED) is 0.864. The van der Waals surface area contributed by atoms with E-state index in [1.807, 2.05) is 23.5 Å². The highest BCUT2D eigenvalue weighted by molar-refractivity contribution is 9.10. The van der Waals surface area contributed by atoms with E-state index in [9.17, 15) is 0 Å². The molecule has 0 spiro atoms. The fourth-order valence-electron chi connectivity index (χ4n) is 1.93. The second-order valence-corrected chi connectivity index (χ2v) is 8.00. The van der Waals surface area contributed by atoms with E-state index in [0.717, 1.165) is 34.1 Å². The van der Waals surface area contributed by atoms with Gasteiger partial charge in [-0.05, 0) is 28.8 Å². The van der Waals surface area contributed by atoms with Crippen molar-refractivity contribution in [2.75, 3.05) is 29.1 Å². The van der Waals surface area contributed by atoms with Gasteiger partial charge in [0.05, 0.1) is 15.4 Å². The molecule has 0 aliphatic carbocycles. The van der Waals surface area contributed by atoms with E-state index < -0.39 is 0 Å². The van der Waals surface area contributed by atoms with Gasteiger partial charge in [0, 0.05) is 23.8 Å². The summed E-state index contributed by atoms with van der Waals surface area (Å²) in [6.07, 6.45) is 0. The Bertz CT molecular complexity index is 434. The molecule has 2 heterocycles. The zero-order valence-electron chi connectivity index (χ0n) is 11.6. The van der Waals surface area contributed by atoms with Crippen LogP contribution >= 0.6 is 39.5 Å². The minimum atomic E-state index is 0.398. The Hall–Kier alpha value is 0.0600. The summed E-state index contributed by atoms with van der Waals surface area (Å²) in [5.74, 6) is 5.88. The molecule has 0 radical (unpaired) electrons.